The van der Waals surface area contributed by atoms with Gasteiger partial charge in [0.2, 0.25) is 11.8 Å². The van der Waals surface area contributed by atoms with Crippen LogP contribution in [0.5, 0.6) is 0 Å². The minimum Gasteiger partial charge on any atom is -0.354 e. The number of hydrogen-bond acceptors (Lipinski definition) is 4. The number of halogens is 1. The number of likely N-dealkylation sites (tertiary alicyclic amines) is 1. The molecule has 3 N–H and O–H groups in total. The van der Waals surface area contributed by atoms with Crippen molar-refractivity contribution in [2.75, 3.05) is 38.0 Å². The SMILES string of the molecule is CCc1cccc(NC(=O)CN2CCCC(CNC(=O)C3CCCN3)C2)c1.Cl. The minimum absolute atomic E-state index is 0. The Morgan fingerprint density at radius 2 is 2.11 bits per heavy atom. The van der Waals surface area contributed by atoms with Gasteiger partial charge in [0.15, 0.2) is 0 Å². The van der Waals surface area contributed by atoms with Crippen LogP contribution in [0.3, 0.4) is 0 Å². The standard InChI is InChI=1S/C21H32N4O2.ClH/c1-2-16-6-3-8-18(12-16)24-20(26)15-25-11-5-7-17(14-25)13-23-21(27)19-9-4-10-22-19;/h3,6,8,12,17,19,22H,2,4-5,7,9-11,13-15H2,1H3,(H,23,27)(H,24,26);1H. The Hall–Kier alpha value is -1.63. The Bertz CT molecular complexity index is 649. The lowest BCUT2D eigenvalue weighted by molar-refractivity contribution is -0.123. The average molecular weight is 409 g/mol. The van der Waals surface area contributed by atoms with Gasteiger partial charge < -0.3 is 16.0 Å². The highest BCUT2D eigenvalue weighted by Gasteiger charge is 2.25. The van der Waals surface area contributed by atoms with E-state index in [-0.39, 0.29) is 30.3 Å². The Morgan fingerprint density at radius 1 is 1.25 bits per heavy atom. The Kier molecular flexibility index (Phi) is 9.22. The summed E-state index contributed by atoms with van der Waals surface area (Å²) in [6.45, 7) is 5.96. The van der Waals surface area contributed by atoms with Gasteiger partial charge in [-0.3, -0.25) is 14.5 Å². The lowest BCUT2D eigenvalue weighted by Gasteiger charge is -2.32. The fourth-order valence-electron chi connectivity index (χ4n) is 4.01. The fourth-order valence-corrected chi connectivity index (χ4v) is 4.01. The highest BCUT2D eigenvalue weighted by Crippen LogP contribution is 2.17. The molecule has 28 heavy (non-hydrogen) atoms. The van der Waals surface area contributed by atoms with Crippen LogP contribution in [0, 0.1) is 5.92 Å². The predicted octanol–water partition coefficient (Wildman–Crippen LogP) is 2.19. The van der Waals surface area contributed by atoms with Crippen LogP contribution in [0.4, 0.5) is 5.69 Å². The number of nitrogens with one attached hydrogen (secondary N) is 3. The number of anilines is 1. The molecule has 0 radical (unpaired) electrons. The van der Waals surface area contributed by atoms with Gasteiger partial charge in [0.25, 0.3) is 0 Å². The average Bonchev–Trinajstić information content (AvgIpc) is 3.21. The maximum absolute atomic E-state index is 12.4. The molecule has 2 aliphatic heterocycles. The summed E-state index contributed by atoms with van der Waals surface area (Å²) in [5, 5.41) is 9.33. The van der Waals surface area contributed by atoms with E-state index in [1.54, 1.807) is 0 Å². The Balaban J connectivity index is 0.00000280. The molecule has 1 aromatic rings. The molecule has 0 bridgehead atoms. The third-order valence-electron chi connectivity index (χ3n) is 5.53. The summed E-state index contributed by atoms with van der Waals surface area (Å²) in [5.74, 6) is 0.571. The normalized spacial score (nSPS) is 22.3. The minimum atomic E-state index is -0.0191. The van der Waals surface area contributed by atoms with Crippen LogP contribution in [0.1, 0.15) is 38.2 Å². The lowest BCUT2D eigenvalue weighted by atomic mass is 9.98. The molecule has 2 unspecified atom stereocenters. The van der Waals surface area contributed by atoms with Crippen LogP contribution < -0.4 is 16.0 Å². The van der Waals surface area contributed by atoms with Gasteiger partial charge in [0, 0.05) is 18.8 Å². The van der Waals surface area contributed by atoms with E-state index in [1.165, 1.54) is 5.56 Å². The molecule has 2 aliphatic rings. The molecule has 2 saturated heterocycles. The van der Waals surface area contributed by atoms with E-state index in [1.807, 2.05) is 18.2 Å². The number of carbonyl (C=O) groups excluding carboxylic acids is 2. The lowest BCUT2D eigenvalue weighted by Crippen LogP contribution is -2.46. The first kappa shape index (κ1) is 22.7. The van der Waals surface area contributed by atoms with Crippen molar-refractivity contribution >= 4 is 29.9 Å². The monoisotopic (exact) mass is 408 g/mol. The third kappa shape index (κ3) is 6.76. The summed E-state index contributed by atoms with van der Waals surface area (Å²) in [7, 11) is 0. The molecule has 2 amide bonds. The van der Waals surface area contributed by atoms with Gasteiger partial charge in [-0.1, -0.05) is 19.1 Å². The molecule has 0 spiro atoms. The van der Waals surface area contributed by atoms with Crippen molar-refractivity contribution in [1.29, 1.82) is 0 Å². The van der Waals surface area contributed by atoms with E-state index in [0.29, 0.717) is 19.0 Å². The van der Waals surface area contributed by atoms with Gasteiger partial charge in [-0.15, -0.1) is 12.4 Å². The summed E-state index contributed by atoms with van der Waals surface area (Å²) in [4.78, 5) is 26.7. The smallest absolute Gasteiger partial charge is 0.238 e. The molecule has 0 aliphatic carbocycles. The number of piperidine rings is 1. The van der Waals surface area contributed by atoms with Crippen LogP contribution in [0.15, 0.2) is 24.3 Å². The molecule has 7 heteroatoms. The maximum Gasteiger partial charge on any atom is 0.238 e. The van der Waals surface area contributed by atoms with E-state index in [9.17, 15) is 9.59 Å². The second-order valence-electron chi connectivity index (χ2n) is 7.74. The van der Waals surface area contributed by atoms with E-state index in [0.717, 1.165) is 57.4 Å². The number of carbonyl (C=O) groups is 2. The summed E-state index contributed by atoms with van der Waals surface area (Å²) in [6, 6.07) is 7.99. The van der Waals surface area contributed by atoms with Crippen LogP contribution >= 0.6 is 12.4 Å². The molecule has 1 aromatic carbocycles. The Labute approximate surface area is 174 Å². The largest absolute Gasteiger partial charge is 0.354 e. The van der Waals surface area contributed by atoms with Crippen LogP contribution in [0.2, 0.25) is 0 Å². The van der Waals surface area contributed by atoms with Crippen molar-refractivity contribution in [3.8, 4) is 0 Å². The number of hydrogen-bond donors (Lipinski definition) is 3. The molecule has 3 rings (SSSR count). The molecular weight excluding hydrogens is 376 g/mol. The molecular formula is C21H33ClN4O2. The van der Waals surface area contributed by atoms with Crippen molar-refractivity contribution in [2.24, 2.45) is 5.92 Å². The zero-order valence-electron chi connectivity index (χ0n) is 16.7. The summed E-state index contributed by atoms with van der Waals surface area (Å²) >= 11 is 0. The summed E-state index contributed by atoms with van der Waals surface area (Å²) in [6.07, 6.45) is 5.14. The molecule has 2 heterocycles. The predicted molar refractivity (Wildman–Crippen MR) is 115 cm³/mol. The topological polar surface area (TPSA) is 73.5 Å². The first-order valence-electron chi connectivity index (χ1n) is 10.3. The van der Waals surface area contributed by atoms with E-state index < -0.39 is 0 Å². The zero-order chi connectivity index (χ0) is 19.1. The van der Waals surface area contributed by atoms with Crippen LogP contribution in [-0.2, 0) is 16.0 Å². The molecule has 0 saturated carbocycles. The fraction of sp³-hybridized carbons (Fsp3) is 0.619. The van der Waals surface area contributed by atoms with E-state index >= 15 is 0 Å². The zero-order valence-corrected chi connectivity index (χ0v) is 17.5. The second-order valence-corrected chi connectivity index (χ2v) is 7.74. The van der Waals surface area contributed by atoms with Crippen molar-refractivity contribution in [2.45, 2.75) is 45.1 Å². The van der Waals surface area contributed by atoms with E-state index in [2.05, 4.69) is 33.8 Å². The van der Waals surface area contributed by atoms with Gasteiger partial charge in [0.05, 0.1) is 12.6 Å². The number of benzene rings is 1. The van der Waals surface area contributed by atoms with Crippen molar-refractivity contribution in [3.05, 3.63) is 29.8 Å². The number of amides is 2. The number of rotatable bonds is 7. The van der Waals surface area contributed by atoms with Gasteiger partial charge in [-0.05, 0) is 68.8 Å². The second kappa shape index (κ2) is 11.4. The van der Waals surface area contributed by atoms with Gasteiger partial charge in [-0.2, -0.15) is 0 Å². The molecule has 6 nitrogen and oxygen atoms in total. The number of aryl methyl sites for hydroxylation is 1. The number of nitrogens with zero attached hydrogens (tertiary/aromatic N) is 1. The van der Waals surface area contributed by atoms with Crippen molar-refractivity contribution in [1.82, 2.24) is 15.5 Å². The molecule has 2 fully saturated rings. The van der Waals surface area contributed by atoms with Crippen molar-refractivity contribution in [3.63, 3.8) is 0 Å². The van der Waals surface area contributed by atoms with Crippen LogP contribution in [-0.4, -0.2) is 55.5 Å². The third-order valence-corrected chi connectivity index (χ3v) is 5.53. The molecule has 156 valence electrons. The first-order chi connectivity index (χ1) is 13.1. The summed E-state index contributed by atoms with van der Waals surface area (Å²) in [5.41, 5.74) is 2.09. The van der Waals surface area contributed by atoms with Gasteiger partial charge in [-0.25, -0.2) is 0 Å². The first-order valence-corrected chi connectivity index (χ1v) is 10.3. The van der Waals surface area contributed by atoms with Gasteiger partial charge in [0.1, 0.15) is 0 Å². The quantitative estimate of drug-likeness (QED) is 0.646. The van der Waals surface area contributed by atoms with Gasteiger partial charge >= 0.3 is 0 Å². The van der Waals surface area contributed by atoms with Crippen molar-refractivity contribution < 1.29 is 9.59 Å². The maximum atomic E-state index is 12.4. The van der Waals surface area contributed by atoms with Crippen LogP contribution in [0.25, 0.3) is 0 Å². The summed E-state index contributed by atoms with van der Waals surface area (Å²) < 4.78 is 0. The molecule has 2 atom stereocenters. The van der Waals surface area contributed by atoms with E-state index in [4.69, 9.17) is 0 Å². The highest BCUT2D eigenvalue weighted by atomic mass is 35.5. The Morgan fingerprint density at radius 3 is 2.86 bits per heavy atom. The molecule has 0 aromatic heterocycles. The highest BCUT2D eigenvalue weighted by molar-refractivity contribution is 5.92.